The number of nitrogens with two attached hydrogens (primary N) is 1. The zero-order chi connectivity index (χ0) is 12.4. The highest BCUT2D eigenvalue weighted by atomic mass is 16.3. The van der Waals surface area contributed by atoms with E-state index in [0.717, 1.165) is 23.2 Å². The third-order valence-corrected chi connectivity index (χ3v) is 3.68. The van der Waals surface area contributed by atoms with Gasteiger partial charge in [0, 0.05) is 5.39 Å². The largest absolute Gasteiger partial charge is 0.459 e. The average Bonchev–Trinajstić information content (AvgIpc) is 2.84. The Balaban J connectivity index is 1.78. The molecule has 0 bridgehead atoms. The normalized spacial score (nSPS) is 17.7. The molecule has 0 spiro atoms. The van der Waals surface area contributed by atoms with Crippen molar-refractivity contribution >= 4 is 11.0 Å². The lowest BCUT2D eigenvalue weighted by molar-refractivity contribution is 0.486. The van der Waals surface area contributed by atoms with Crippen molar-refractivity contribution in [3.63, 3.8) is 0 Å². The number of para-hydroxylation sites is 1. The van der Waals surface area contributed by atoms with E-state index in [0.29, 0.717) is 0 Å². The van der Waals surface area contributed by atoms with Crippen molar-refractivity contribution in [3.8, 4) is 0 Å². The van der Waals surface area contributed by atoms with E-state index in [4.69, 9.17) is 10.2 Å². The smallest absolute Gasteiger partial charge is 0.134 e. The first kappa shape index (κ1) is 11.5. The summed E-state index contributed by atoms with van der Waals surface area (Å²) in [5.41, 5.74) is 8.68. The van der Waals surface area contributed by atoms with E-state index < -0.39 is 0 Å². The second kappa shape index (κ2) is 4.99. The molecule has 1 aliphatic carbocycles. The van der Waals surface area contributed by atoms with Crippen LogP contribution in [0.4, 0.5) is 0 Å². The van der Waals surface area contributed by atoms with Gasteiger partial charge in [-0.25, -0.2) is 0 Å². The minimum atomic E-state index is -0.0123. The number of fused-ring (bicyclic) bond motifs is 1. The first-order valence-electron chi connectivity index (χ1n) is 6.75. The molecule has 2 aromatic rings. The fourth-order valence-electron chi connectivity index (χ4n) is 2.66. The first-order valence-corrected chi connectivity index (χ1v) is 6.75. The van der Waals surface area contributed by atoms with Gasteiger partial charge in [-0.1, -0.05) is 29.8 Å². The van der Waals surface area contributed by atoms with Crippen molar-refractivity contribution in [3.05, 3.63) is 47.7 Å². The van der Waals surface area contributed by atoms with Gasteiger partial charge in [0.05, 0.1) is 6.04 Å². The van der Waals surface area contributed by atoms with Crippen LogP contribution in [0.1, 0.15) is 43.9 Å². The Morgan fingerprint density at radius 2 is 2.11 bits per heavy atom. The van der Waals surface area contributed by atoms with Crippen LogP contribution in [0.15, 0.2) is 46.4 Å². The van der Waals surface area contributed by atoms with Crippen LogP contribution < -0.4 is 5.73 Å². The van der Waals surface area contributed by atoms with Crippen LogP contribution in [-0.2, 0) is 0 Å². The summed E-state index contributed by atoms with van der Waals surface area (Å²) in [5, 5.41) is 1.14. The highest BCUT2D eigenvalue weighted by Crippen LogP contribution is 2.29. The van der Waals surface area contributed by atoms with Gasteiger partial charge in [-0.2, -0.15) is 0 Å². The Hall–Kier alpha value is -1.54. The van der Waals surface area contributed by atoms with E-state index in [1.54, 1.807) is 0 Å². The third-order valence-electron chi connectivity index (χ3n) is 3.68. The van der Waals surface area contributed by atoms with Crippen LogP contribution in [-0.4, -0.2) is 0 Å². The van der Waals surface area contributed by atoms with Crippen LogP contribution in [0.2, 0.25) is 0 Å². The summed E-state index contributed by atoms with van der Waals surface area (Å²) in [6, 6.07) is 10.1. The summed E-state index contributed by atoms with van der Waals surface area (Å²) in [6.45, 7) is 0. The van der Waals surface area contributed by atoms with Crippen molar-refractivity contribution in [1.29, 1.82) is 0 Å². The summed E-state index contributed by atoms with van der Waals surface area (Å²) < 4.78 is 5.82. The molecule has 18 heavy (non-hydrogen) atoms. The molecule has 1 aliphatic rings. The van der Waals surface area contributed by atoms with E-state index in [-0.39, 0.29) is 6.04 Å². The molecule has 0 amide bonds. The van der Waals surface area contributed by atoms with Crippen molar-refractivity contribution in [2.75, 3.05) is 0 Å². The molecule has 94 valence electrons. The van der Waals surface area contributed by atoms with Gasteiger partial charge < -0.3 is 10.2 Å². The Bertz CT molecular complexity index is 534. The molecular weight excluding hydrogens is 222 g/mol. The molecule has 1 unspecified atom stereocenters. The highest BCUT2D eigenvalue weighted by Gasteiger charge is 2.14. The number of benzene rings is 1. The van der Waals surface area contributed by atoms with Gasteiger partial charge in [0.2, 0.25) is 0 Å². The Morgan fingerprint density at radius 3 is 2.89 bits per heavy atom. The maximum Gasteiger partial charge on any atom is 0.134 e. The average molecular weight is 241 g/mol. The van der Waals surface area contributed by atoms with Crippen LogP contribution in [0.3, 0.4) is 0 Å². The summed E-state index contributed by atoms with van der Waals surface area (Å²) in [5.74, 6) is 0.905. The van der Waals surface area contributed by atoms with Crippen LogP contribution in [0, 0.1) is 0 Å². The second-order valence-corrected chi connectivity index (χ2v) is 5.11. The van der Waals surface area contributed by atoms with Gasteiger partial charge in [-0.05, 0) is 44.2 Å². The second-order valence-electron chi connectivity index (χ2n) is 5.11. The van der Waals surface area contributed by atoms with Crippen molar-refractivity contribution in [2.24, 2.45) is 5.73 Å². The molecule has 1 atom stereocenters. The fraction of sp³-hybridized carbons (Fsp3) is 0.375. The van der Waals surface area contributed by atoms with E-state index in [1.807, 2.05) is 18.2 Å². The van der Waals surface area contributed by atoms with Crippen molar-refractivity contribution in [1.82, 2.24) is 0 Å². The number of rotatable bonds is 3. The molecule has 0 fully saturated rings. The Kier molecular flexibility index (Phi) is 3.20. The van der Waals surface area contributed by atoms with Gasteiger partial charge in [0.1, 0.15) is 11.3 Å². The molecule has 0 saturated carbocycles. The zero-order valence-corrected chi connectivity index (χ0v) is 10.6. The molecule has 1 heterocycles. The molecule has 2 heteroatoms. The molecule has 0 saturated heterocycles. The topological polar surface area (TPSA) is 39.2 Å². The van der Waals surface area contributed by atoms with Crippen LogP contribution in [0.25, 0.3) is 11.0 Å². The number of hydrogen-bond acceptors (Lipinski definition) is 2. The molecule has 3 rings (SSSR count). The predicted octanol–water partition coefficient (Wildman–Crippen LogP) is 4.32. The van der Waals surface area contributed by atoms with E-state index in [1.165, 1.54) is 31.3 Å². The van der Waals surface area contributed by atoms with Gasteiger partial charge in [0.25, 0.3) is 0 Å². The van der Waals surface area contributed by atoms with Gasteiger partial charge in [-0.3, -0.25) is 0 Å². The number of hydrogen-bond donors (Lipinski definition) is 1. The molecular formula is C16H19NO. The number of allylic oxidation sites excluding steroid dienone is 1. The maximum absolute atomic E-state index is 6.26. The highest BCUT2D eigenvalue weighted by molar-refractivity contribution is 5.77. The predicted molar refractivity (Wildman–Crippen MR) is 74.3 cm³/mol. The zero-order valence-electron chi connectivity index (χ0n) is 10.6. The Labute approximate surface area is 107 Å². The Morgan fingerprint density at radius 1 is 1.22 bits per heavy atom. The summed E-state index contributed by atoms with van der Waals surface area (Å²) in [7, 11) is 0. The van der Waals surface area contributed by atoms with Gasteiger partial charge in [-0.15, -0.1) is 0 Å². The van der Waals surface area contributed by atoms with E-state index in [2.05, 4.69) is 18.2 Å². The van der Waals surface area contributed by atoms with Crippen LogP contribution >= 0.6 is 0 Å². The summed E-state index contributed by atoms with van der Waals surface area (Å²) in [4.78, 5) is 0. The number of furan rings is 1. The summed E-state index contributed by atoms with van der Waals surface area (Å²) in [6.07, 6.45) is 8.32. The lowest BCUT2D eigenvalue weighted by Crippen LogP contribution is -2.11. The molecule has 0 aliphatic heterocycles. The minimum absolute atomic E-state index is 0.0123. The first-order chi connectivity index (χ1) is 8.83. The van der Waals surface area contributed by atoms with Crippen molar-refractivity contribution in [2.45, 2.75) is 38.1 Å². The standard InChI is InChI=1S/C16H19NO/c17-14(10-12-6-2-1-3-7-12)16-11-13-8-4-5-9-15(13)18-16/h4-6,8-9,11,14H,1-3,7,10,17H2. The van der Waals surface area contributed by atoms with Crippen LogP contribution in [0.5, 0.6) is 0 Å². The molecule has 2 N–H and O–H groups in total. The lowest BCUT2D eigenvalue weighted by atomic mass is 9.94. The van der Waals surface area contributed by atoms with Gasteiger partial charge in [0.15, 0.2) is 0 Å². The summed E-state index contributed by atoms with van der Waals surface area (Å²) >= 11 is 0. The lowest BCUT2D eigenvalue weighted by Gasteiger charge is -2.15. The molecule has 1 aromatic carbocycles. The fourth-order valence-corrected chi connectivity index (χ4v) is 2.66. The van der Waals surface area contributed by atoms with Gasteiger partial charge >= 0.3 is 0 Å². The third kappa shape index (κ3) is 2.34. The molecule has 1 aromatic heterocycles. The quantitative estimate of drug-likeness (QED) is 0.813. The van der Waals surface area contributed by atoms with E-state index in [9.17, 15) is 0 Å². The van der Waals surface area contributed by atoms with E-state index >= 15 is 0 Å². The minimum Gasteiger partial charge on any atom is -0.459 e. The monoisotopic (exact) mass is 241 g/mol. The molecule has 0 radical (unpaired) electrons. The molecule has 2 nitrogen and oxygen atoms in total. The van der Waals surface area contributed by atoms with Crippen molar-refractivity contribution < 1.29 is 4.42 Å². The SMILES string of the molecule is NC(CC1=CCCCC1)c1cc2ccccc2o1. The maximum atomic E-state index is 6.26.